The molecule has 1 aromatic carbocycles. The summed E-state index contributed by atoms with van der Waals surface area (Å²) in [7, 11) is 1.78. The van der Waals surface area contributed by atoms with E-state index in [0.29, 0.717) is 25.7 Å². The molecule has 0 bridgehead atoms. The number of aryl methyl sites for hydroxylation is 2. The molecule has 0 aliphatic heterocycles. The van der Waals surface area contributed by atoms with Crippen LogP contribution in [0.2, 0.25) is 0 Å². The number of hydrogen-bond acceptors (Lipinski definition) is 4. The summed E-state index contributed by atoms with van der Waals surface area (Å²) in [6.07, 6.45) is 0. The molecule has 0 amide bonds. The van der Waals surface area contributed by atoms with E-state index in [-0.39, 0.29) is 24.0 Å². The maximum absolute atomic E-state index is 5.78. The van der Waals surface area contributed by atoms with Gasteiger partial charge in [0.25, 0.3) is 0 Å². The molecule has 5 nitrogen and oxygen atoms in total. The third-order valence-corrected chi connectivity index (χ3v) is 4.91. The number of hydrogen-bond donors (Lipinski definition) is 2. The Morgan fingerprint density at radius 1 is 1.23 bits per heavy atom. The van der Waals surface area contributed by atoms with E-state index in [4.69, 9.17) is 4.74 Å². The smallest absolute Gasteiger partial charge is 0.191 e. The van der Waals surface area contributed by atoms with Crippen molar-refractivity contribution >= 4 is 41.3 Å². The quantitative estimate of drug-likeness (QED) is 0.336. The summed E-state index contributed by atoms with van der Waals surface area (Å²) < 4.78 is 5.78. The highest BCUT2D eigenvalue weighted by Gasteiger charge is 2.07. The second-order valence-electron chi connectivity index (χ2n) is 6.16. The van der Waals surface area contributed by atoms with E-state index >= 15 is 0 Å². The molecule has 1 heterocycles. The van der Waals surface area contributed by atoms with Crippen LogP contribution in [0, 0.1) is 19.8 Å². The van der Waals surface area contributed by atoms with E-state index < -0.39 is 0 Å². The standard InChI is InChI=1S/C19H28N4OS.HI/c1-14(12-24-13-17-8-6-5-7-9-17)10-21-19(20-4)22-11-18-23-15(2)16(3)25-18;/h5-9,14H,10-13H2,1-4H3,(H2,20,21,22);1H. The summed E-state index contributed by atoms with van der Waals surface area (Å²) in [6, 6.07) is 10.2. The van der Waals surface area contributed by atoms with Crippen molar-refractivity contribution in [3.63, 3.8) is 0 Å². The zero-order valence-electron chi connectivity index (χ0n) is 15.9. The molecule has 0 spiro atoms. The monoisotopic (exact) mass is 488 g/mol. The number of aromatic nitrogens is 1. The van der Waals surface area contributed by atoms with Gasteiger partial charge in [0.1, 0.15) is 5.01 Å². The molecule has 26 heavy (non-hydrogen) atoms. The van der Waals surface area contributed by atoms with E-state index in [1.165, 1.54) is 10.4 Å². The fourth-order valence-corrected chi connectivity index (χ4v) is 3.15. The van der Waals surface area contributed by atoms with Gasteiger partial charge in [0.15, 0.2) is 5.96 Å². The van der Waals surface area contributed by atoms with Gasteiger partial charge in [0, 0.05) is 18.5 Å². The molecular formula is C19H29IN4OS. The third-order valence-electron chi connectivity index (χ3n) is 3.84. The molecule has 0 fully saturated rings. The molecule has 0 saturated carbocycles. The number of aliphatic imine (C=N–C) groups is 1. The number of nitrogens with zero attached hydrogens (tertiary/aromatic N) is 2. The lowest BCUT2D eigenvalue weighted by atomic mass is 10.2. The van der Waals surface area contributed by atoms with Gasteiger partial charge in [-0.25, -0.2) is 4.98 Å². The summed E-state index contributed by atoms with van der Waals surface area (Å²) in [5.74, 6) is 1.19. The van der Waals surface area contributed by atoms with E-state index in [2.05, 4.69) is 46.6 Å². The molecule has 0 aliphatic carbocycles. The summed E-state index contributed by atoms with van der Waals surface area (Å²) in [6.45, 7) is 9.17. The number of benzene rings is 1. The van der Waals surface area contributed by atoms with Gasteiger partial charge in [-0.15, -0.1) is 35.3 Å². The largest absolute Gasteiger partial charge is 0.376 e. The van der Waals surface area contributed by atoms with E-state index in [1.54, 1.807) is 18.4 Å². The Balaban J connectivity index is 0.00000338. The van der Waals surface area contributed by atoms with Crippen LogP contribution in [0.1, 0.15) is 28.1 Å². The Hall–Kier alpha value is -1.19. The predicted octanol–water partition coefficient (Wildman–Crippen LogP) is 3.90. The van der Waals surface area contributed by atoms with Crippen molar-refractivity contribution in [1.82, 2.24) is 15.6 Å². The first-order valence-corrected chi connectivity index (χ1v) is 9.39. The minimum Gasteiger partial charge on any atom is -0.376 e. The SMILES string of the molecule is CN=C(NCc1nc(C)c(C)s1)NCC(C)COCc1ccccc1.I. The Morgan fingerprint density at radius 2 is 1.96 bits per heavy atom. The fraction of sp³-hybridized carbons (Fsp3) is 0.474. The molecule has 2 N–H and O–H groups in total. The molecule has 1 atom stereocenters. The average molecular weight is 488 g/mol. The Bertz CT molecular complexity index is 656. The van der Waals surface area contributed by atoms with Crippen molar-refractivity contribution in [1.29, 1.82) is 0 Å². The normalized spacial score (nSPS) is 12.4. The summed E-state index contributed by atoms with van der Waals surface area (Å²) in [4.78, 5) is 10.1. The van der Waals surface area contributed by atoms with Crippen LogP contribution in [0.5, 0.6) is 0 Å². The van der Waals surface area contributed by atoms with E-state index in [9.17, 15) is 0 Å². The Morgan fingerprint density at radius 3 is 2.58 bits per heavy atom. The first kappa shape index (κ1) is 22.9. The zero-order chi connectivity index (χ0) is 18.1. The second kappa shape index (κ2) is 12.2. The summed E-state index contributed by atoms with van der Waals surface area (Å²) >= 11 is 1.72. The molecule has 2 rings (SSSR count). The minimum absolute atomic E-state index is 0. The van der Waals surface area contributed by atoms with E-state index in [1.807, 2.05) is 25.1 Å². The first-order chi connectivity index (χ1) is 12.1. The van der Waals surface area contributed by atoms with Crippen LogP contribution < -0.4 is 10.6 Å². The molecule has 0 radical (unpaired) electrons. The van der Waals surface area contributed by atoms with Crippen LogP contribution in [0.15, 0.2) is 35.3 Å². The van der Waals surface area contributed by atoms with Crippen molar-refractivity contribution in [3.8, 4) is 0 Å². The maximum Gasteiger partial charge on any atom is 0.191 e. The van der Waals surface area contributed by atoms with Gasteiger partial charge >= 0.3 is 0 Å². The molecular weight excluding hydrogens is 459 g/mol. The van der Waals surface area contributed by atoms with Crippen molar-refractivity contribution in [2.24, 2.45) is 10.9 Å². The van der Waals surface area contributed by atoms with Gasteiger partial charge in [-0.1, -0.05) is 37.3 Å². The van der Waals surface area contributed by atoms with Gasteiger partial charge in [0.2, 0.25) is 0 Å². The highest BCUT2D eigenvalue weighted by molar-refractivity contribution is 14.0. The summed E-state index contributed by atoms with van der Waals surface area (Å²) in [5, 5.41) is 7.74. The average Bonchev–Trinajstić information content (AvgIpc) is 2.94. The van der Waals surface area contributed by atoms with Crippen molar-refractivity contribution in [2.75, 3.05) is 20.2 Å². The minimum atomic E-state index is 0. The van der Waals surface area contributed by atoms with Crippen molar-refractivity contribution < 1.29 is 4.74 Å². The number of thiazole rings is 1. The molecule has 0 aliphatic rings. The lowest BCUT2D eigenvalue weighted by molar-refractivity contribution is 0.0931. The Kier molecular flexibility index (Phi) is 10.8. The predicted molar refractivity (Wildman–Crippen MR) is 120 cm³/mol. The number of rotatable bonds is 8. The van der Waals surface area contributed by atoms with Crippen LogP contribution in [0.4, 0.5) is 0 Å². The van der Waals surface area contributed by atoms with Crippen molar-refractivity contribution in [2.45, 2.75) is 33.9 Å². The molecule has 144 valence electrons. The van der Waals surface area contributed by atoms with Gasteiger partial charge in [0.05, 0.1) is 25.5 Å². The van der Waals surface area contributed by atoms with E-state index in [0.717, 1.165) is 23.2 Å². The first-order valence-electron chi connectivity index (χ1n) is 8.57. The van der Waals surface area contributed by atoms with Crippen LogP contribution in [-0.2, 0) is 17.9 Å². The maximum atomic E-state index is 5.78. The van der Waals surface area contributed by atoms with Crippen molar-refractivity contribution in [3.05, 3.63) is 51.5 Å². The number of halogens is 1. The molecule has 1 unspecified atom stereocenters. The topological polar surface area (TPSA) is 58.5 Å². The number of ether oxygens (including phenoxy) is 1. The zero-order valence-corrected chi connectivity index (χ0v) is 19.1. The van der Waals surface area contributed by atoms with Gasteiger partial charge in [-0.3, -0.25) is 4.99 Å². The molecule has 7 heteroatoms. The lowest BCUT2D eigenvalue weighted by Gasteiger charge is -2.16. The third kappa shape index (κ3) is 8.01. The fourth-order valence-electron chi connectivity index (χ4n) is 2.28. The second-order valence-corrected chi connectivity index (χ2v) is 7.45. The van der Waals surface area contributed by atoms with Crippen LogP contribution in [-0.4, -0.2) is 31.1 Å². The van der Waals surface area contributed by atoms with Crippen LogP contribution in [0.3, 0.4) is 0 Å². The van der Waals surface area contributed by atoms with Crippen LogP contribution in [0.25, 0.3) is 0 Å². The molecule has 1 aromatic heterocycles. The molecule has 2 aromatic rings. The number of guanidine groups is 1. The van der Waals surface area contributed by atoms with Gasteiger partial charge in [-0.05, 0) is 25.3 Å². The van der Waals surface area contributed by atoms with Gasteiger partial charge < -0.3 is 15.4 Å². The summed E-state index contributed by atoms with van der Waals surface area (Å²) in [5.41, 5.74) is 2.31. The molecule has 0 saturated heterocycles. The number of nitrogens with one attached hydrogen (secondary N) is 2. The highest BCUT2D eigenvalue weighted by Crippen LogP contribution is 2.15. The van der Waals surface area contributed by atoms with Crippen LogP contribution >= 0.6 is 35.3 Å². The lowest BCUT2D eigenvalue weighted by Crippen LogP contribution is -2.39. The Labute approximate surface area is 177 Å². The van der Waals surface area contributed by atoms with Gasteiger partial charge in [-0.2, -0.15) is 0 Å². The highest BCUT2D eigenvalue weighted by atomic mass is 127.